The molecule has 0 atom stereocenters. The van der Waals surface area contributed by atoms with Crippen LogP contribution in [0.2, 0.25) is 0 Å². The van der Waals surface area contributed by atoms with Crippen LogP contribution < -0.4 is 0 Å². The number of ether oxygens (including phenoxy) is 1. The molecule has 3 rings (SSSR count). The van der Waals surface area contributed by atoms with Crippen molar-refractivity contribution in [2.24, 2.45) is 0 Å². The highest BCUT2D eigenvalue weighted by Crippen LogP contribution is 2.26. The highest BCUT2D eigenvalue weighted by molar-refractivity contribution is 5.87. The van der Waals surface area contributed by atoms with Gasteiger partial charge in [-0.1, -0.05) is 66.7 Å². The van der Waals surface area contributed by atoms with Crippen molar-refractivity contribution < 1.29 is 9.53 Å². The second-order valence-corrected chi connectivity index (χ2v) is 4.66. The maximum Gasteiger partial charge on any atom is 0.315 e. The van der Waals surface area contributed by atoms with Gasteiger partial charge in [-0.25, -0.2) is 0 Å². The molecule has 0 fully saturated rings. The molecule has 0 saturated carbocycles. The summed E-state index contributed by atoms with van der Waals surface area (Å²) >= 11 is 0. The van der Waals surface area contributed by atoms with Gasteiger partial charge in [0.1, 0.15) is 5.76 Å². The number of allylic oxidation sites excluding steroid dienone is 1. The maximum absolute atomic E-state index is 11.7. The Kier molecular flexibility index (Phi) is 3.46. The Morgan fingerprint density at radius 3 is 2.25 bits per heavy atom. The van der Waals surface area contributed by atoms with Crippen molar-refractivity contribution in [3.8, 4) is 0 Å². The van der Waals surface area contributed by atoms with Crippen molar-refractivity contribution >= 4 is 17.8 Å². The van der Waals surface area contributed by atoms with Gasteiger partial charge in [0.05, 0.1) is 6.42 Å². The lowest BCUT2D eigenvalue weighted by molar-refractivity contribution is -0.136. The molecule has 0 aliphatic carbocycles. The molecule has 0 spiro atoms. The molecule has 0 aromatic heterocycles. The first-order chi connectivity index (χ1) is 9.81. The molecule has 1 heterocycles. The molecule has 2 heteroatoms. The predicted molar refractivity (Wildman–Crippen MR) is 79.5 cm³/mol. The Morgan fingerprint density at radius 1 is 0.900 bits per heavy atom. The summed E-state index contributed by atoms with van der Waals surface area (Å²) in [6.45, 7) is 0. The minimum Gasteiger partial charge on any atom is -0.426 e. The minimum absolute atomic E-state index is 0.214. The Morgan fingerprint density at radius 2 is 1.55 bits per heavy atom. The van der Waals surface area contributed by atoms with Crippen LogP contribution in [0.3, 0.4) is 0 Å². The highest BCUT2D eigenvalue weighted by Gasteiger charge is 2.17. The fraction of sp³-hybridized carbons (Fsp3) is 0.0556. The van der Waals surface area contributed by atoms with Crippen molar-refractivity contribution in [1.82, 2.24) is 0 Å². The summed E-state index contributed by atoms with van der Waals surface area (Å²) in [4.78, 5) is 11.7. The molecule has 0 bridgehead atoms. The van der Waals surface area contributed by atoms with Crippen molar-refractivity contribution in [2.75, 3.05) is 0 Å². The molecule has 20 heavy (non-hydrogen) atoms. The molecular weight excluding hydrogens is 248 g/mol. The number of carbonyl (C=O) groups excluding carboxylic acids is 1. The van der Waals surface area contributed by atoms with Gasteiger partial charge >= 0.3 is 5.97 Å². The van der Waals surface area contributed by atoms with E-state index in [1.54, 1.807) is 0 Å². The molecule has 2 aromatic carbocycles. The fourth-order valence-corrected chi connectivity index (χ4v) is 2.17. The van der Waals surface area contributed by atoms with Crippen LogP contribution in [0.4, 0.5) is 0 Å². The van der Waals surface area contributed by atoms with Gasteiger partial charge in [-0.05, 0) is 17.2 Å². The Bertz CT molecular complexity index is 667. The third kappa shape index (κ3) is 2.86. The number of benzene rings is 2. The fourth-order valence-electron chi connectivity index (χ4n) is 2.17. The van der Waals surface area contributed by atoms with E-state index in [-0.39, 0.29) is 5.97 Å². The van der Waals surface area contributed by atoms with Crippen molar-refractivity contribution in [3.05, 3.63) is 83.4 Å². The molecule has 98 valence electrons. The molecule has 1 aliphatic rings. The largest absolute Gasteiger partial charge is 0.426 e. The average molecular weight is 262 g/mol. The molecule has 0 radical (unpaired) electrons. The van der Waals surface area contributed by atoms with Crippen molar-refractivity contribution in [3.63, 3.8) is 0 Å². The summed E-state index contributed by atoms with van der Waals surface area (Å²) in [5.41, 5.74) is 2.96. The second-order valence-electron chi connectivity index (χ2n) is 4.66. The number of rotatable bonds is 2. The summed E-state index contributed by atoms with van der Waals surface area (Å²) in [6, 6.07) is 19.6. The highest BCUT2D eigenvalue weighted by atomic mass is 16.5. The van der Waals surface area contributed by atoms with E-state index in [0.29, 0.717) is 12.2 Å². The van der Waals surface area contributed by atoms with E-state index >= 15 is 0 Å². The van der Waals surface area contributed by atoms with Crippen LogP contribution in [0.1, 0.15) is 17.5 Å². The number of esters is 1. The van der Waals surface area contributed by atoms with E-state index < -0.39 is 0 Å². The summed E-state index contributed by atoms with van der Waals surface area (Å²) in [7, 11) is 0. The van der Waals surface area contributed by atoms with Crippen LogP contribution in [-0.2, 0) is 9.53 Å². The average Bonchev–Trinajstić information content (AvgIpc) is 2.49. The number of carbonyl (C=O) groups is 1. The predicted octanol–water partition coefficient (Wildman–Crippen LogP) is 4.06. The second kappa shape index (κ2) is 5.57. The summed E-state index contributed by atoms with van der Waals surface area (Å²) in [5.74, 6) is 0.401. The van der Waals surface area contributed by atoms with Gasteiger partial charge in [0.15, 0.2) is 0 Å². The number of cyclic esters (lactones) is 1. The van der Waals surface area contributed by atoms with E-state index in [0.717, 1.165) is 16.7 Å². The maximum atomic E-state index is 11.7. The monoisotopic (exact) mass is 262 g/mol. The lowest BCUT2D eigenvalue weighted by atomic mass is 10.0. The summed E-state index contributed by atoms with van der Waals surface area (Å²) in [5, 5.41) is 0. The van der Waals surface area contributed by atoms with Crippen LogP contribution in [-0.4, -0.2) is 5.97 Å². The third-order valence-electron chi connectivity index (χ3n) is 3.10. The SMILES string of the molecule is O=C1C/C(=C/c2ccccc2)C=C(c2ccccc2)O1. The first-order valence-electron chi connectivity index (χ1n) is 6.55. The molecule has 0 unspecified atom stereocenters. The summed E-state index contributed by atoms with van der Waals surface area (Å²) < 4.78 is 5.32. The first kappa shape index (κ1) is 12.4. The van der Waals surface area contributed by atoms with E-state index in [9.17, 15) is 4.79 Å². The molecular formula is C18H14O2. The van der Waals surface area contributed by atoms with Gasteiger partial charge < -0.3 is 4.74 Å². The van der Waals surface area contributed by atoms with Crippen molar-refractivity contribution in [1.29, 1.82) is 0 Å². The topological polar surface area (TPSA) is 26.3 Å². The Balaban J connectivity index is 1.96. The van der Waals surface area contributed by atoms with Crippen LogP contribution in [0, 0.1) is 0 Å². The zero-order valence-electron chi connectivity index (χ0n) is 11.0. The Labute approximate surface area is 118 Å². The van der Waals surface area contributed by atoms with Gasteiger partial charge in [-0.15, -0.1) is 0 Å². The van der Waals surface area contributed by atoms with Gasteiger partial charge in [0, 0.05) is 5.56 Å². The molecule has 2 nitrogen and oxygen atoms in total. The van der Waals surface area contributed by atoms with E-state index in [4.69, 9.17) is 4.74 Å². The quantitative estimate of drug-likeness (QED) is 0.763. The molecule has 0 N–H and O–H groups in total. The van der Waals surface area contributed by atoms with E-state index in [1.807, 2.05) is 72.8 Å². The standard InChI is InChI=1S/C18H14O2/c19-18-13-15(11-14-7-3-1-4-8-14)12-17(20-18)16-9-5-2-6-10-16/h1-12H,13H2/b15-11+. The van der Waals surface area contributed by atoms with Crippen molar-refractivity contribution in [2.45, 2.75) is 6.42 Å². The van der Waals surface area contributed by atoms with Crippen LogP contribution in [0.5, 0.6) is 0 Å². The Hall–Kier alpha value is -2.61. The van der Waals surface area contributed by atoms with E-state index in [1.165, 1.54) is 0 Å². The normalized spacial score (nSPS) is 16.7. The smallest absolute Gasteiger partial charge is 0.315 e. The van der Waals surface area contributed by atoms with Gasteiger partial charge in [-0.2, -0.15) is 0 Å². The first-order valence-corrected chi connectivity index (χ1v) is 6.55. The molecule has 0 saturated heterocycles. The third-order valence-corrected chi connectivity index (χ3v) is 3.10. The lowest BCUT2D eigenvalue weighted by Crippen LogP contribution is -2.10. The van der Waals surface area contributed by atoms with Crippen LogP contribution in [0.25, 0.3) is 11.8 Å². The van der Waals surface area contributed by atoms with Crippen LogP contribution >= 0.6 is 0 Å². The molecule has 0 amide bonds. The summed E-state index contributed by atoms with van der Waals surface area (Å²) in [6.07, 6.45) is 4.26. The zero-order chi connectivity index (χ0) is 13.8. The number of hydrogen-bond donors (Lipinski definition) is 0. The lowest BCUT2D eigenvalue weighted by Gasteiger charge is -2.15. The van der Waals surface area contributed by atoms with Gasteiger partial charge in [0.25, 0.3) is 0 Å². The zero-order valence-corrected chi connectivity index (χ0v) is 11.0. The molecule has 1 aliphatic heterocycles. The van der Waals surface area contributed by atoms with Crippen LogP contribution in [0.15, 0.2) is 72.3 Å². The number of hydrogen-bond acceptors (Lipinski definition) is 2. The van der Waals surface area contributed by atoms with Gasteiger partial charge in [0.2, 0.25) is 0 Å². The molecule has 2 aromatic rings. The van der Waals surface area contributed by atoms with Gasteiger partial charge in [-0.3, -0.25) is 4.79 Å². The van der Waals surface area contributed by atoms with E-state index in [2.05, 4.69) is 0 Å². The minimum atomic E-state index is -0.214.